The van der Waals surface area contributed by atoms with Crippen molar-refractivity contribution < 1.29 is 19.8 Å². The first-order valence-corrected chi connectivity index (χ1v) is 10.5. The number of carboxylic acids is 1. The fraction of sp³-hybridized carbons (Fsp3) is 0.733. The zero-order valence-electron chi connectivity index (χ0n) is 12.7. The van der Waals surface area contributed by atoms with E-state index in [2.05, 4.69) is 0 Å². The summed E-state index contributed by atoms with van der Waals surface area (Å²) < 4.78 is 0. The van der Waals surface area contributed by atoms with Gasteiger partial charge in [0, 0.05) is 17.1 Å². The van der Waals surface area contributed by atoms with Crippen LogP contribution >= 0.6 is 11.8 Å². The van der Waals surface area contributed by atoms with Crippen LogP contribution in [-0.2, 0) is 20.5 Å². The maximum Gasteiger partial charge on any atom is 0.353 e. The van der Waals surface area contributed by atoms with Gasteiger partial charge in [-0.1, -0.05) is 0 Å². The molecule has 0 bridgehead atoms. The van der Waals surface area contributed by atoms with E-state index in [1.807, 2.05) is 0 Å². The van der Waals surface area contributed by atoms with E-state index in [0.717, 1.165) is 16.4 Å². The Morgan fingerprint density at radius 3 is 2.73 bits per heavy atom. The summed E-state index contributed by atoms with van der Waals surface area (Å²) >= 11 is 1.60. The molecule has 122 valence electrons. The van der Waals surface area contributed by atoms with Gasteiger partial charge in [0.15, 0.2) is 0 Å². The Labute approximate surface area is 137 Å². The number of carbonyl (C=O) groups excluding carboxylic acids is 1. The molecule has 0 aliphatic carbocycles. The number of aliphatic hydroxyl groups is 1. The largest absolute Gasteiger partial charge is 0.477 e. The number of aliphatic hydroxyl groups excluding tert-OH is 1. The van der Waals surface area contributed by atoms with E-state index in [0.29, 0.717) is 17.3 Å². The van der Waals surface area contributed by atoms with Crippen molar-refractivity contribution in [2.75, 3.05) is 23.0 Å². The van der Waals surface area contributed by atoms with Gasteiger partial charge in [0.1, 0.15) is 23.0 Å². The van der Waals surface area contributed by atoms with Crippen LogP contribution in [0.4, 0.5) is 0 Å². The van der Waals surface area contributed by atoms with Crippen LogP contribution in [0, 0.1) is 5.92 Å². The fourth-order valence-electron chi connectivity index (χ4n) is 3.56. The smallest absolute Gasteiger partial charge is 0.353 e. The first-order chi connectivity index (χ1) is 10.5. The molecule has 7 heteroatoms. The lowest BCUT2D eigenvalue weighted by atomic mass is 9.83. The van der Waals surface area contributed by atoms with Crippen molar-refractivity contribution in [2.24, 2.45) is 5.92 Å². The van der Waals surface area contributed by atoms with Gasteiger partial charge in [-0.3, -0.25) is 4.79 Å². The molecule has 3 heterocycles. The van der Waals surface area contributed by atoms with Crippen LogP contribution in [0.3, 0.4) is 0 Å². The zero-order valence-corrected chi connectivity index (χ0v) is 14.3. The van der Waals surface area contributed by atoms with Gasteiger partial charge in [0.25, 0.3) is 0 Å². The van der Waals surface area contributed by atoms with Gasteiger partial charge in [-0.25, -0.2) is 4.79 Å². The van der Waals surface area contributed by atoms with Crippen LogP contribution in [0.1, 0.15) is 26.2 Å². The monoisotopic (exact) mass is 344 g/mol. The standard InChI is InChI=1S/C15H21NO4S2/c1-9(17)12-10-8-11(13(15(19)20)16(10)14(12)18)21-4-7-22-5-2-3-6-22/h9-10,12,17H,2-8H2,1H3/p+1/t9-,10?,12?/m1/s1. The molecule has 0 aromatic carbocycles. The number of carboxylic acid groups (broad SMARTS) is 1. The molecule has 0 saturated carbocycles. The van der Waals surface area contributed by atoms with E-state index in [9.17, 15) is 19.8 Å². The second-order valence-electron chi connectivity index (χ2n) is 6.10. The third-order valence-electron chi connectivity index (χ3n) is 4.65. The van der Waals surface area contributed by atoms with Gasteiger partial charge in [-0.05, 0) is 30.7 Å². The molecule has 1 amide bonds. The van der Waals surface area contributed by atoms with Crippen molar-refractivity contribution in [3.05, 3.63) is 10.6 Å². The molecule has 0 spiro atoms. The van der Waals surface area contributed by atoms with Crippen molar-refractivity contribution in [1.82, 2.24) is 4.90 Å². The molecule has 22 heavy (non-hydrogen) atoms. The normalized spacial score (nSPS) is 29.7. The molecule has 3 atom stereocenters. The minimum Gasteiger partial charge on any atom is -0.477 e. The molecule has 0 aromatic rings. The van der Waals surface area contributed by atoms with Gasteiger partial charge >= 0.3 is 5.97 Å². The quantitative estimate of drug-likeness (QED) is 0.556. The van der Waals surface area contributed by atoms with E-state index in [4.69, 9.17) is 0 Å². The number of rotatable bonds is 6. The van der Waals surface area contributed by atoms with Crippen LogP contribution in [0.15, 0.2) is 10.6 Å². The van der Waals surface area contributed by atoms with Crippen LogP contribution in [0.5, 0.6) is 0 Å². The summed E-state index contributed by atoms with van der Waals surface area (Å²) in [5.74, 6) is 3.02. The van der Waals surface area contributed by atoms with Crippen molar-refractivity contribution in [1.29, 1.82) is 0 Å². The van der Waals surface area contributed by atoms with E-state index in [1.165, 1.54) is 29.2 Å². The maximum atomic E-state index is 12.1. The third kappa shape index (κ3) is 2.78. The average molecular weight is 344 g/mol. The molecule has 5 nitrogen and oxygen atoms in total. The summed E-state index contributed by atoms with van der Waals surface area (Å²) in [6, 6.07) is -0.157. The SMILES string of the molecule is C[C@@H](O)C1C(=O)N2C(C(=O)O)=C(SCC[S+]3CCCC3)CC12. The van der Waals surface area contributed by atoms with E-state index >= 15 is 0 Å². The number of thioether (sulfide) groups is 1. The van der Waals surface area contributed by atoms with Gasteiger partial charge < -0.3 is 15.1 Å². The van der Waals surface area contributed by atoms with Crippen LogP contribution < -0.4 is 0 Å². The number of aliphatic carboxylic acids is 1. The Balaban J connectivity index is 1.64. The first-order valence-electron chi connectivity index (χ1n) is 7.75. The Morgan fingerprint density at radius 1 is 1.45 bits per heavy atom. The molecule has 3 rings (SSSR count). The van der Waals surface area contributed by atoms with Crippen molar-refractivity contribution in [3.63, 3.8) is 0 Å². The zero-order chi connectivity index (χ0) is 15.9. The highest BCUT2D eigenvalue weighted by Gasteiger charge is 2.56. The Hall–Kier alpha value is -0.660. The molecular weight excluding hydrogens is 322 g/mol. The van der Waals surface area contributed by atoms with Crippen LogP contribution in [0.25, 0.3) is 0 Å². The molecule has 2 fully saturated rings. The van der Waals surface area contributed by atoms with Crippen molar-refractivity contribution >= 4 is 34.5 Å². The third-order valence-corrected chi connectivity index (χ3v) is 8.54. The Kier molecular flexibility index (Phi) is 4.75. The minimum atomic E-state index is -1.02. The lowest BCUT2D eigenvalue weighted by Gasteiger charge is -2.44. The summed E-state index contributed by atoms with van der Waals surface area (Å²) in [5, 5.41) is 19.1. The summed E-state index contributed by atoms with van der Waals surface area (Å²) in [6.45, 7) is 1.60. The second kappa shape index (κ2) is 6.45. The lowest BCUT2D eigenvalue weighted by Crippen LogP contribution is -2.61. The van der Waals surface area contributed by atoms with Crippen LogP contribution in [-0.4, -0.2) is 62.1 Å². The molecule has 0 aromatic heterocycles. The number of amides is 1. The van der Waals surface area contributed by atoms with E-state index in [1.54, 1.807) is 18.7 Å². The van der Waals surface area contributed by atoms with Crippen LogP contribution in [0.2, 0.25) is 0 Å². The first kappa shape index (κ1) is 16.2. The van der Waals surface area contributed by atoms with Gasteiger partial charge in [-0.15, -0.1) is 11.8 Å². The molecule has 3 aliphatic rings. The second-order valence-corrected chi connectivity index (χ2v) is 9.74. The number of hydrogen-bond donors (Lipinski definition) is 2. The Bertz CT molecular complexity index is 514. The van der Waals surface area contributed by atoms with Crippen molar-refractivity contribution in [2.45, 2.75) is 38.3 Å². The predicted octanol–water partition coefficient (Wildman–Crippen LogP) is 1.04. The lowest BCUT2D eigenvalue weighted by molar-refractivity contribution is -0.161. The van der Waals surface area contributed by atoms with E-state index in [-0.39, 0.29) is 17.6 Å². The van der Waals surface area contributed by atoms with Gasteiger partial charge in [0.05, 0.1) is 18.1 Å². The number of β-lactam (4-membered cyclic amide) rings is 1. The summed E-state index contributed by atoms with van der Waals surface area (Å²) in [7, 11) is 0.516. The molecule has 2 saturated heterocycles. The molecule has 3 aliphatic heterocycles. The van der Waals surface area contributed by atoms with Crippen molar-refractivity contribution in [3.8, 4) is 0 Å². The minimum absolute atomic E-state index is 0.157. The summed E-state index contributed by atoms with van der Waals surface area (Å²) in [5.41, 5.74) is 0.159. The van der Waals surface area contributed by atoms with E-state index < -0.39 is 18.0 Å². The summed E-state index contributed by atoms with van der Waals surface area (Å²) in [4.78, 5) is 25.8. The molecule has 2 unspecified atom stereocenters. The molecule has 2 N–H and O–H groups in total. The number of nitrogens with zero attached hydrogens (tertiary/aromatic N) is 1. The Morgan fingerprint density at radius 2 is 2.14 bits per heavy atom. The highest BCUT2D eigenvalue weighted by molar-refractivity contribution is 8.04. The number of fused-ring (bicyclic) bond motifs is 1. The predicted molar refractivity (Wildman–Crippen MR) is 88.7 cm³/mol. The number of carbonyl (C=O) groups is 2. The highest BCUT2D eigenvalue weighted by atomic mass is 32.2. The average Bonchev–Trinajstić information content (AvgIpc) is 3.04. The summed E-state index contributed by atoms with van der Waals surface area (Å²) in [6.07, 6.45) is 2.53. The van der Waals surface area contributed by atoms with Gasteiger partial charge in [0.2, 0.25) is 5.91 Å². The fourth-order valence-corrected chi connectivity index (χ4v) is 7.53. The molecule has 0 radical (unpaired) electrons. The molecular formula is C15H22NO4S2+. The topological polar surface area (TPSA) is 77.8 Å². The number of hydrogen-bond acceptors (Lipinski definition) is 4. The maximum absolute atomic E-state index is 12.1. The highest BCUT2D eigenvalue weighted by Crippen LogP contribution is 2.47. The van der Waals surface area contributed by atoms with Gasteiger partial charge in [-0.2, -0.15) is 0 Å².